The molecule has 2 aliphatic heterocycles. The van der Waals surface area contributed by atoms with Gasteiger partial charge >= 0.3 is 0 Å². The van der Waals surface area contributed by atoms with E-state index in [-0.39, 0.29) is 6.04 Å². The van der Waals surface area contributed by atoms with Crippen LogP contribution in [0.3, 0.4) is 0 Å². The van der Waals surface area contributed by atoms with E-state index < -0.39 is 6.10 Å². The lowest BCUT2D eigenvalue weighted by atomic mass is 10.1. The minimum absolute atomic E-state index is 0.300. The predicted octanol–water partition coefficient (Wildman–Crippen LogP) is 0.932. The third-order valence-corrected chi connectivity index (χ3v) is 4.99. The molecule has 0 spiro atoms. The summed E-state index contributed by atoms with van der Waals surface area (Å²) in [5, 5.41) is 13.6. The smallest absolute Gasteiger partial charge is 0.0773 e. The highest BCUT2D eigenvalue weighted by molar-refractivity contribution is 4.91. The third-order valence-electron chi connectivity index (χ3n) is 4.99. The number of likely N-dealkylation sites (tertiary alicyclic amines) is 2. The van der Waals surface area contributed by atoms with Gasteiger partial charge in [-0.1, -0.05) is 5.11 Å². The van der Waals surface area contributed by atoms with Crippen molar-refractivity contribution in [3.05, 3.63) is 10.4 Å². The monoisotopic (exact) mass is 296 g/mol. The number of hydrogen-bond acceptors (Lipinski definition) is 5. The van der Waals surface area contributed by atoms with Crippen LogP contribution in [0, 0.1) is 0 Å². The number of aliphatic hydroxyl groups excluding tert-OH is 1. The number of nitrogens with zero attached hydrogens (tertiary/aromatic N) is 5. The van der Waals surface area contributed by atoms with Crippen LogP contribution in [0.5, 0.6) is 0 Å². The van der Waals surface area contributed by atoms with Crippen molar-refractivity contribution < 1.29 is 5.11 Å². The maximum absolute atomic E-state index is 9.89. The number of β-amino-alcohol motifs (C(OH)–C–C–N with tert-alkyl or cyclic N) is 1. The number of nitrogens with two attached hydrogens (primary N) is 1. The van der Waals surface area contributed by atoms with E-state index >= 15 is 0 Å². The van der Waals surface area contributed by atoms with Gasteiger partial charge in [0.25, 0.3) is 0 Å². The number of rotatable bonds is 6. The van der Waals surface area contributed by atoms with Crippen molar-refractivity contribution in [3.63, 3.8) is 0 Å². The van der Waals surface area contributed by atoms with Gasteiger partial charge in [0.05, 0.1) is 12.1 Å². The Morgan fingerprint density at radius 1 is 1.24 bits per heavy atom. The SMILES string of the molecule is CC(CCC(C)N1CC(N=[N+]=[N-])[C@H](O)C1)N1CC[C@H](N)C1. The Morgan fingerprint density at radius 3 is 2.48 bits per heavy atom. The van der Waals surface area contributed by atoms with E-state index in [0.29, 0.717) is 31.2 Å². The maximum atomic E-state index is 9.89. The summed E-state index contributed by atoms with van der Waals surface area (Å²) >= 11 is 0. The zero-order chi connectivity index (χ0) is 15.4. The van der Waals surface area contributed by atoms with E-state index in [2.05, 4.69) is 33.7 Å². The summed E-state index contributed by atoms with van der Waals surface area (Å²) in [5.74, 6) is 0. The molecule has 2 saturated heterocycles. The van der Waals surface area contributed by atoms with E-state index in [1.54, 1.807) is 0 Å². The second-order valence-electron chi connectivity index (χ2n) is 6.61. The van der Waals surface area contributed by atoms with Gasteiger partial charge in [-0.2, -0.15) is 0 Å². The molecule has 120 valence electrons. The molecular formula is C14H28N6O. The van der Waals surface area contributed by atoms with E-state index in [1.165, 1.54) is 0 Å². The van der Waals surface area contributed by atoms with Crippen molar-refractivity contribution in [2.75, 3.05) is 26.2 Å². The van der Waals surface area contributed by atoms with Crippen molar-refractivity contribution in [2.45, 2.75) is 63.4 Å². The van der Waals surface area contributed by atoms with Crippen LogP contribution in [0.25, 0.3) is 10.4 Å². The van der Waals surface area contributed by atoms with Gasteiger partial charge in [-0.05, 0) is 45.2 Å². The zero-order valence-corrected chi connectivity index (χ0v) is 13.1. The molecule has 2 heterocycles. The van der Waals surface area contributed by atoms with Crippen molar-refractivity contribution in [1.82, 2.24) is 9.80 Å². The molecule has 7 heteroatoms. The summed E-state index contributed by atoms with van der Waals surface area (Å²) in [6.45, 7) is 7.85. The van der Waals surface area contributed by atoms with E-state index in [0.717, 1.165) is 32.4 Å². The second kappa shape index (κ2) is 7.42. The standard InChI is InChI=1S/C14H28N6O/c1-10(19-6-5-12(15)7-19)3-4-11(2)20-8-13(17-18-16)14(21)9-20/h10-14,21H,3-9,15H2,1-2H3/t10?,11?,12-,13?,14+/m0/s1. The molecule has 5 atom stereocenters. The van der Waals surface area contributed by atoms with Crippen LogP contribution in [0.2, 0.25) is 0 Å². The Bertz CT molecular complexity index is 386. The lowest BCUT2D eigenvalue weighted by Gasteiger charge is -2.28. The minimum atomic E-state index is -0.530. The molecule has 2 fully saturated rings. The van der Waals surface area contributed by atoms with E-state index in [4.69, 9.17) is 11.3 Å². The van der Waals surface area contributed by atoms with Gasteiger partial charge in [0.15, 0.2) is 0 Å². The first kappa shape index (κ1) is 16.5. The first-order valence-corrected chi connectivity index (χ1v) is 7.97. The molecule has 0 aromatic rings. The maximum Gasteiger partial charge on any atom is 0.0773 e. The highest BCUT2D eigenvalue weighted by Crippen LogP contribution is 2.21. The fourth-order valence-corrected chi connectivity index (χ4v) is 3.40. The average molecular weight is 296 g/mol. The highest BCUT2D eigenvalue weighted by Gasteiger charge is 2.33. The molecular weight excluding hydrogens is 268 g/mol. The van der Waals surface area contributed by atoms with Crippen molar-refractivity contribution in [2.24, 2.45) is 10.8 Å². The number of hydrogen-bond donors (Lipinski definition) is 2. The Morgan fingerprint density at radius 2 is 1.90 bits per heavy atom. The number of azide groups is 1. The number of aliphatic hydroxyl groups is 1. The van der Waals surface area contributed by atoms with Crippen LogP contribution in [0.1, 0.15) is 33.1 Å². The van der Waals surface area contributed by atoms with Crippen LogP contribution in [0.15, 0.2) is 5.11 Å². The molecule has 0 aliphatic carbocycles. The first-order valence-electron chi connectivity index (χ1n) is 7.97. The van der Waals surface area contributed by atoms with Crippen LogP contribution in [-0.4, -0.2) is 71.4 Å². The Labute approximate surface area is 126 Å². The summed E-state index contributed by atoms with van der Waals surface area (Å²) in [4.78, 5) is 7.52. The molecule has 0 radical (unpaired) electrons. The molecule has 3 unspecified atom stereocenters. The summed E-state index contributed by atoms with van der Waals surface area (Å²) < 4.78 is 0. The minimum Gasteiger partial charge on any atom is -0.391 e. The van der Waals surface area contributed by atoms with Crippen molar-refractivity contribution in [3.8, 4) is 0 Å². The first-order chi connectivity index (χ1) is 10.0. The molecule has 21 heavy (non-hydrogen) atoms. The Hall–Kier alpha value is -0.850. The molecule has 7 nitrogen and oxygen atoms in total. The van der Waals surface area contributed by atoms with Gasteiger partial charge in [0.1, 0.15) is 0 Å². The lowest BCUT2D eigenvalue weighted by Crippen LogP contribution is -2.36. The predicted molar refractivity (Wildman–Crippen MR) is 82.8 cm³/mol. The van der Waals surface area contributed by atoms with Crippen LogP contribution < -0.4 is 5.73 Å². The van der Waals surface area contributed by atoms with Gasteiger partial charge in [0, 0.05) is 42.7 Å². The normalized spacial score (nSPS) is 33.8. The Balaban J connectivity index is 1.74. The highest BCUT2D eigenvalue weighted by atomic mass is 16.3. The molecule has 3 N–H and O–H groups in total. The largest absolute Gasteiger partial charge is 0.391 e. The van der Waals surface area contributed by atoms with Crippen LogP contribution >= 0.6 is 0 Å². The average Bonchev–Trinajstić information content (AvgIpc) is 3.03. The topological polar surface area (TPSA) is 101 Å². The van der Waals surface area contributed by atoms with Gasteiger partial charge < -0.3 is 10.8 Å². The Kier molecular flexibility index (Phi) is 5.84. The quantitative estimate of drug-likeness (QED) is 0.432. The summed E-state index contributed by atoms with van der Waals surface area (Å²) in [6.07, 6.45) is 2.79. The fraction of sp³-hybridized carbons (Fsp3) is 1.00. The van der Waals surface area contributed by atoms with Gasteiger partial charge in [-0.15, -0.1) is 0 Å². The van der Waals surface area contributed by atoms with E-state index in [1.807, 2.05) is 0 Å². The fourth-order valence-electron chi connectivity index (χ4n) is 3.40. The van der Waals surface area contributed by atoms with Gasteiger partial charge in [-0.3, -0.25) is 9.80 Å². The zero-order valence-electron chi connectivity index (χ0n) is 13.1. The molecule has 0 bridgehead atoms. The summed E-state index contributed by atoms with van der Waals surface area (Å²) in [7, 11) is 0. The van der Waals surface area contributed by atoms with Gasteiger partial charge in [0.2, 0.25) is 0 Å². The molecule has 2 aliphatic rings. The van der Waals surface area contributed by atoms with E-state index in [9.17, 15) is 5.11 Å². The van der Waals surface area contributed by atoms with Gasteiger partial charge in [-0.25, -0.2) is 0 Å². The molecule has 0 saturated carbocycles. The van der Waals surface area contributed by atoms with Crippen molar-refractivity contribution >= 4 is 0 Å². The molecule has 0 aromatic carbocycles. The third kappa shape index (κ3) is 4.31. The van der Waals surface area contributed by atoms with Crippen molar-refractivity contribution in [1.29, 1.82) is 0 Å². The van der Waals surface area contributed by atoms with Crippen LogP contribution in [0.4, 0.5) is 0 Å². The summed E-state index contributed by atoms with van der Waals surface area (Å²) in [6, 6.07) is 0.994. The summed E-state index contributed by atoms with van der Waals surface area (Å²) in [5.41, 5.74) is 14.5. The molecule has 0 aromatic heterocycles. The van der Waals surface area contributed by atoms with Crippen LogP contribution in [-0.2, 0) is 0 Å². The molecule has 2 rings (SSSR count). The molecule has 0 amide bonds. The second-order valence-corrected chi connectivity index (χ2v) is 6.61. The lowest BCUT2D eigenvalue weighted by molar-refractivity contribution is 0.148.